The number of rotatable bonds is 4. The highest BCUT2D eigenvalue weighted by molar-refractivity contribution is 5.23. The van der Waals surface area contributed by atoms with Crippen LogP contribution < -0.4 is 5.73 Å². The maximum Gasteiger partial charge on any atom is 0.0538 e. The molecule has 1 aromatic heterocycles. The summed E-state index contributed by atoms with van der Waals surface area (Å²) in [5, 5.41) is 7.24. The van der Waals surface area contributed by atoms with Gasteiger partial charge in [-0.1, -0.05) is 6.42 Å². The summed E-state index contributed by atoms with van der Waals surface area (Å²) < 4.78 is 0. The molecule has 0 saturated carbocycles. The first-order valence-corrected chi connectivity index (χ1v) is 5.75. The van der Waals surface area contributed by atoms with Crippen molar-refractivity contribution in [2.45, 2.75) is 31.7 Å². The van der Waals surface area contributed by atoms with Crippen LogP contribution in [0, 0.1) is 0 Å². The van der Waals surface area contributed by atoms with Gasteiger partial charge in [0.05, 0.1) is 6.20 Å². The molecule has 1 aliphatic heterocycles. The SMILES string of the molecule is CN1CCc2[nH]ncc2C1CCCCN. The maximum absolute atomic E-state index is 5.52. The fourth-order valence-corrected chi connectivity index (χ4v) is 2.35. The Bertz CT molecular complexity index is 307. The van der Waals surface area contributed by atoms with E-state index in [-0.39, 0.29) is 0 Å². The second-order valence-corrected chi connectivity index (χ2v) is 4.33. The van der Waals surface area contributed by atoms with Crippen molar-refractivity contribution in [3.05, 3.63) is 17.5 Å². The summed E-state index contributed by atoms with van der Waals surface area (Å²) in [7, 11) is 2.20. The van der Waals surface area contributed by atoms with Crippen LogP contribution >= 0.6 is 0 Å². The molecule has 2 rings (SSSR count). The molecule has 1 unspecified atom stereocenters. The van der Waals surface area contributed by atoms with Gasteiger partial charge in [0.25, 0.3) is 0 Å². The number of nitrogens with two attached hydrogens (primary N) is 1. The molecule has 0 spiro atoms. The number of fused-ring (bicyclic) bond motifs is 1. The second-order valence-electron chi connectivity index (χ2n) is 4.33. The normalized spacial score (nSPS) is 21.6. The fraction of sp³-hybridized carbons (Fsp3) is 0.727. The Morgan fingerprint density at radius 2 is 2.47 bits per heavy atom. The average Bonchev–Trinajstić information content (AvgIpc) is 2.69. The van der Waals surface area contributed by atoms with Crippen molar-refractivity contribution in [1.82, 2.24) is 15.1 Å². The average molecular weight is 208 g/mol. The molecule has 0 radical (unpaired) electrons. The summed E-state index contributed by atoms with van der Waals surface area (Å²) in [6.45, 7) is 1.93. The number of nitrogens with zero attached hydrogens (tertiary/aromatic N) is 2. The molecule has 3 N–H and O–H groups in total. The molecular formula is C11H20N4. The van der Waals surface area contributed by atoms with Gasteiger partial charge in [0.15, 0.2) is 0 Å². The van der Waals surface area contributed by atoms with E-state index in [0.717, 1.165) is 25.9 Å². The standard InChI is InChI=1S/C11H20N4/c1-15-7-5-10-9(8-13-14-10)11(15)4-2-3-6-12/h8,11H,2-7,12H2,1H3,(H,13,14). The Balaban J connectivity index is 2.03. The zero-order valence-corrected chi connectivity index (χ0v) is 9.37. The third-order valence-corrected chi connectivity index (χ3v) is 3.29. The van der Waals surface area contributed by atoms with Crippen LogP contribution in [0.3, 0.4) is 0 Å². The Morgan fingerprint density at radius 1 is 1.60 bits per heavy atom. The molecule has 0 bridgehead atoms. The lowest BCUT2D eigenvalue weighted by Crippen LogP contribution is -2.31. The molecule has 0 saturated heterocycles. The maximum atomic E-state index is 5.52. The molecule has 84 valence electrons. The minimum absolute atomic E-state index is 0.541. The predicted molar refractivity (Wildman–Crippen MR) is 60.6 cm³/mol. The molecule has 0 amide bonds. The monoisotopic (exact) mass is 208 g/mol. The van der Waals surface area contributed by atoms with Crippen LogP contribution in [-0.2, 0) is 6.42 Å². The van der Waals surface area contributed by atoms with Crippen LogP contribution in [0.4, 0.5) is 0 Å². The minimum Gasteiger partial charge on any atom is -0.330 e. The molecule has 1 aromatic rings. The summed E-state index contributed by atoms with van der Waals surface area (Å²) in [6.07, 6.45) is 6.60. The zero-order valence-electron chi connectivity index (χ0n) is 9.37. The highest BCUT2D eigenvalue weighted by Crippen LogP contribution is 2.30. The number of aromatic amines is 1. The Labute approximate surface area is 90.8 Å². The minimum atomic E-state index is 0.541. The van der Waals surface area contributed by atoms with E-state index in [1.165, 1.54) is 24.1 Å². The molecule has 4 nitrogen and oxygen atoms in total. The number of H-pyrrole nitrogens is 1. The van der Waals surface area contributed by atoms with Crippen molar-refractivity contribution in [3.63, 3.8) is 0 Å². The third kappa shape index (κ3) is 2.21. The molecule has 0 fully saturated rings. The summed E-state index contributed by atoms with van der Waals surface area (Å²) >= 11 is 0. The van der Waals surface area contributed by atoms with E-state index in [9.17, 15) is 0 Å². The lowest BCUT2D eigenvalue weighted by molar-refractivity contribution is 0.215. The Morgan fingerprint density at radius 3 is 3.27 bits per heavy atom. The molecule has 1 aliphatic rings. The van der Waals surface area contributed by atoms with E-state index in [1.807, 2.05) is 6.20 Å². The van der Waals surface area contributed by atoms with Gasteiger partial charge in [0.2, 0.25) is 0 Å². The van der Waals surface area contributed by atoms with Gasteiger partial charge >= 0.3 is 0 Å². The summed E-state index contributed by atoms with van der Waals surface area (Å²) in [4.78, 5) is 2.42. The zero-order chi connectivity index (χ0) is 10.7. The number of nitrogens with one attached hydrogen (secondary N) is 1. The van der Waals surface area contributed by atoms with Crippen molar-refractivity contribution in [1.29, 1.82) is 0 Å². The molecule has 0 aromatic carbocycles. The number of aromatic nitrogens is 2. The number of likely N-dealkylation sites (N-methyl/N-ethyl adjacent to an activating group) is 1. The van der Waals surface area contributed by atoms with E-state index in [1.54, 1.807) is 0 Å². The summed E-state index contributed by atoms with van der Waals surface area (Å²) in [5.74, 6) is 0. The van der Waals surface area contributed by atoms with E-state index < -0.39 is 0 Å². The Kier molecular flexibility index (Phi) is 3.38. The van der Waals surface area contributed by atoms with Gasteiger partial charge in [0, 0.05) is 30.3 Å². The van der Waals surface area contributed by atoms with Gasteiger partial charge in [-0.15, -0.1) is 0 Å². The van der Waals surface area contributed by atoms with Crippen LogP contribution in [0.2, 0.25) is 0 Å². The molecule has 1 atom stereocenters. The first-order chi connectivity index (χ1) is 7.33. The lowest BCUT2D eigenvalue weighted by atomic mass is 9.95. The largest absolute Gasteiger partial charge is 0.330 e. The summed E-state index contributed by atoms with van der Waals surface area (Å²) in [6, 6.07) is 0.541. The molecular weight excluding hydrogens is 188 g/mol. The molecule has 15 heavy (non-hydrogen) atoms. The predicted octanol–water partition coefficient (Wildman–Crippen LogP) is 1.07. The van der Waals surface area contributed by atoms with Crippen LogP contribution in [-0.4, -0.2) is 35.2 Å². The van der Waals surface area contributed by atoms with Gasteiger partial charge < -0.3 is 5.73 Å². The quantitative estimate of drug-likeness (QED) is 0.728. The van der Waals surface area contributed by atoms with Crippen molar-refractivity contribution in [2.24, 2.45) is 5.73 Å². The lowest BCUT2D eigenvalue weighted by Gasteiger charge is -2.32. The van der Waals surface area contributed by atoms with Crippen molar-refractivity contribution < 1.29 is 0 Å². The first kappa shape index (κ1) is 10.6. The molecule has 2 heterocycles. The molecule has 0 aliphatic carbocycles. The van der Waals surface area contributed by atoms with Crippen LogP contribution in [0.5, 0.6) is 0 Å². The van der Waals surface area contributed by atoms with E-state index in [0.29, 0.717) is 6.04 Å². The fourth-order valence-electron chi connectivity index (χ4n) is 2.35. The van der Waals surface area contributed by atoms with Crippen molar-refractivity contribution in [3.8, 4) is 0 Å². The number of hydrogen-bond acceptors (Lipinski definition) is 3. The highest BCUT2D eigenvalue weighted by atomic mass is 15.2. The number of hydrogen-bond donors (Lipinski definition) is 2. The van der Waals surface area contributed by atoms with Crippen molar-refractivity contribution >= 4 is 0 Å². The van der Waals surface area contributed by atoms with Gasteiger partial charge in [-0.3, -0.25) is 10.00 Å². The van der Waals surface area contributed by atoms with Gasteiger partial charge in [-0.05, 0) is 26.4 Å². The van der Waals surface area contributed by atoms with Crippen LogP contribution in [0.15, 0.2) is 6.20 Å². The summed E-state index contributed by atoms with van der Waals surface area (Å²) in [5.41, 5.74) is 8.24. The van der Waals surface area contributed by atoms with Gasteiger partial charge in [-0.2, -0.15) is 5.10 Å². The van der Waals surface area contributed by atoms with E-state index >= 15 is 0 Å². The van der Waals surface area contributed by atoms with Gasteiger partial charge in [0.1, 0.15) is 0 Å². The van der Waals surface area contributed by atoms with E-state index in [4.69, 9.17) is 5.73 Å². The van der Waals surface area contributed by atoms with Crippen LogP contribution in [0.1, 0.15) is 36.6 Å². The highest BCUT2D eigenvalue weighted by Gasteiger charge is 2.25. The topological polar surface area (TPSA) is 57.9 Å². The smallest absolute Gasteiger partial charge is 0.0538 e. The second kappa shape index (κ2) is 4.77. The number of unbranched alkanes of at least 4 members (excludes halogenated alkanes) is 1. The van der Waals surface area contributed by atoms with Crippen LogP contribution in [0.25, 0.3) is 0 Å². The van der Waals surface area contributed by atoms with E-state index in [2.05, 4.69) is 22.1 Å². The Hall–Kier alpha value is -0.870. The van der Waals surface area contributed by atoms with Crippen molar-refractivity contribution in [2.75, 3.05) is 20.1 Å². The first-order valence-electron chi connectivity index (χ1n) is 5.75. The third-order valence-electron chi connectivity index (χ3n) is 3.29. The molecule has 4 heteroatoms. The van der Waals surface area contributed by atoms with Gasteiger partial charge in [-0.25, -0.2) is 0 Å².